The molecule has 2 aliphatic rings. The number of aliphatic hydroxyl groups is 1. The van der Waals surface area contributed by atoms with Gasteiger partial charge >= 0.3 is 0 Å². The Hall–Kier alpha value is -0.610. The monoisotopic (exact) mass is 268 g/mol. The molecule has 2 unspecified atom stereocenters. The zero-order chi connectivity index (χ0) is 13.5. The van der Waals surface area contributed by atoms with Crippen LogP contribution in [0.5, 0.6) is 0 Å². The van der Waals surface area contributed by atoms with Crippen LogP contribution >= 0.6 is 0 Å². The van der Waals surface area contributed by atoms with Crippen LogP contribution in [0.2, 0.25) is 0 Å². The van der Waals surface area contributed by atoms with Gasteiger partial charge in [-0.3, -0.25) is 4.79 Å². The van der Waals surface area contributed by atoms with Gasteiger partial charge in [-0.25, -0.2) is 0 Å². The van der Waals surface area contributed by atoms with E-state index in [1.54, 1.807) is 0 Å². The average Bonchev–Trinajstić information content (AvgIpc) is 2.65. The lowest BCUT2D eigenvalue weighted by atomic mass is 10.1. The Labute approximate surface area is 116 Å². The number of carbonyl (C=O) groups excluding carboxylic acids is 1. The molecule has 2 aliphatic carbocycles. The second-order valence-electron chi connectivity index (χ2n) is 6.15. The molecule has 4 heteroatoms. The molecule has 110 valence electrons. The third-order valence-electron chi connectivity index (χ3n) is 4.53. The van der Waals surface area contributed by atoms with Crippen LogP contribution in [-0.2, 0) is 4.79 Å². The first-order chi connectivity index (χ1) is 9.25. The van der Waals surface area contributed by atoms with E-state index in [0.717, 1.165) is 38.6 Å². The number of hydrogen-bond donors (Lipinski definition) is 3. The quantitative estimate of drug-likeness (QED) is 0.663. The van der Waals surface area contributed by atoms with Gasteiger partial charge in [-0.05, 0) is 31.6 Å². The fraction of sp³-hybridized carbons (Fsp3) is 0.933. The van der Waals surface area contributed by atoms with Crippen molar-refractivity contribution in [2.75, 3.05) is 13.1 Å². The van der Waals surface area contributed by atoms with Crippen LogP contribution < -0.4 is 10.6 Å². The fourth-order valence-electron chi connectivity index (χ4n) is 3.33. The first-order valence-corrected chi connectivity index (χ1v) is 7.94. The van der Waals surface area contributed by atoms with Crippen molar-refractivity contribution in [1.82, 2.24) is 10.6 Å². The smallest absolute Gasteiger partial charge is 0.234 e. The van der Waals surface area contributed by atoms with E-state index < -0.39 is 0 Å². The molecule has 3 N–H and O–H groups in total. The first-order valence-electron chi connectivity index (χ1n) is 7.94. The van der Waals surface area contributed by atoms with Gasteiger partial charge in [-0.2, -0.15) is 0 Å². The standard InChI is InChI=1S/C15H28N2O2/c18-14-9-5-6-12(14)10-16-11-15(19)17-13-7-3-1-2-4-8-13/h12-14,16,18H,1-11H2,(H,17,19). The summed E-state index contributed by atoms with van der Waals surface area (Å²) in [4.78, 5) is 11.8. The Morgan fingerprint density at radius 1 is 1.00 bits per heavy atom. The van der Waals surface area contributed by atoms with E-state index in [9.17, 15) is 9.90 Å². The van der Waals surface area contributed by atoms with Crippen molar-refractivity contribution >= 4 is 5.91 Å². The van der Waals surface area contributed by atoms with Crippen molar-refractivity contribution < 1.29 is 9.90 Å². The molecule has 2 fully saturated rings. The van der Waals surface area contributed by atoms with Gasteiger partial charge in [0, 0.05) is 12.6 Å². The molecule has 2 saturated carbocycles. The van der Waals surface area contributed by atoms with Gasteiger partial charge < -0.3 is 15.7 Å². The topological polar surface area (TPSA) is 61.4 Å². The summed E-state index contributed by atoms with van der Waals surface area (Å²) in [5, 5.41) is 16.0. The van der Waals surface area contributed by atoms with Gasteiger partial charge in [0.05, 0.1) is 12.6 Å². The lowest BCUT2D eigenvalue weighted by molar-refractivity contribution is -0.121. The van der Waals surface area contributed by atoms with Crippen molar-refractivity contribution in [3.8, 4) is 0 Å². The minimum absolute atomic E-state index is 0.111. The van der Waals surface area contributed by atoms with Crippen LogP contribution in [0.15, 0.2) is 0 Å². The van der Waals surface area contributed by atoms with Crippen LogP contribution in [0.25, 0.3) is 0 Å². The number of nitrogens with one attached hydrogen (secondary N) is 2. The summed E-state index contributed by atoms with van der Waals surface area (Å²) in [6.07, 6.45) is 10.3. The van der Waals surface area contributed by atoms with Crippen LogP contribution in [0.3, 0.4) is 0 Å². The van der Waals surface area contributed by atoms with E-state index in [-0.39, 0.29) is 12.0 Å². The summed E-state index contributed by atoms with van der Waals surface area (Å²) >= 11 is 0. The predicted octanol–water partition coefficient (Wildman–Crippen LogP) is 1.58. The van der Waals surface area contributed by atoms with Crippen molar-refractivity contribution in [2.24, 2.45) is 5.92 Å². The number of aliphatic hydroxyl groups excluding tert-OH is 1. The van der Waals surface area contributed by atoms with Gasteiger partial charge in [-0.15, -0.1) is 0 Å². The van der Waals surface area contributed by atoms with E-state index in [1.807, 2.05) is 0 Å². The average molecular weight is 268 g/mol. The molecule has 0 saturated heterocycles. The normalized spacial score (nSPS) is 29.1. The maximum atomic E-state index is 11.8. The molecule has 4 nitrogen and oxygen atoms in total. The molecule has 0 heterocycles. The molecule has 0 spiro atoms. The predicted molar refractivity (Wildman–Crippen MR) is 75.9 cm³/mol. The molecule has 0 aromatic heterocycles. The van der Waals surface area contributed by atoms with Crippen LogP contribution in [0.1, 0.15) is 57.8 Å². The van der Waals surface area contributed by atoms with E-state index in [1.165, 1.54) is 25.7 Å². The molecule has 0 aromatic rings. The molecule has 0 aromatic carbocycles. The molecule has 0 aliphatic heterocycles. The van der Waals surface area contributed by atoms with Gasteiger partial charge in [0.15, 0.2) is 0 Å². The number of amides is 1. The second-order valence-corrected chi connectivity index (χ2v) is 6.15. The first kappa shape index (κ1) is 14.8. The molecule has 2 atom stereocenters. The second kappa shape index (κ2) is 7.85. The minimum Gasteiger partial charge on any atom is -0.393 e. The Bertz CT molecular complexity index is 275. The van der Waals surface area contributed by atoms with Crippen LogP contribution in [0.4, 0.5) is 0 Å². The molecule has 0 bridgehead atoms. The van der Waals surface area contributed by atoms with Gasteiger partial charge in [0.25, 0.3) is 0 Å². The Kier molecular flexibility index (Phi) is 6.11. The third-order valence-corrected chi connectivity index (χ3v) is 4.53. The van der Waals surface area contributed by atoms with Crippen LogP contribution in [0, 0.1) is 5.92 Å². The summed E-state index contributed by atoms with van der Waals surface area (Å²) < 4.78 is 0. The molecule has 0 radical (unpaired) electrons. The third kappa shape index (κ3) is 5.11. The zero-order valence-electron chi connectivity index (χ0n) is 11.9. The van der Waals surface area contributed by atoms with Gasteiger partial charge in [0.1, 0.15) is 0 Å². The molecule has 1 amide bonds. The van der Waals surface area contributed by atoms with Crippen LogP contribution in [-0.4, -0.2) is 36.2 Å². The molecule has 19 heavy (non-hydrogen) atoms. The number of hydrogen-bond acceptors (Lipinski definition) is 3. The van der Waals surface area contributed by atoms with Crippen molar-refractivity contribution in [3.63, 3.8) is 0 Å². The summed E-state index contributed by atoms with van der Waals surface area (Å²) in [7, 11) is 0. The Balaban J connectivity index is 1.58. The largest absolute Gasteiger partial charge is 0.393 e. The Morgan fingerprint density at radius 3 is 2.37 bits per heavy atom. The number of rotatable bonds is 5. The fourth-order valence-corrected chi connectivity index (χ4v) is 3.33. The maximum absolute atomic E-state index is 11.8. The van der Waals surface area contributed by atoms with E-state index in [4.69, 9.17) is 0 Å². The van der Waals surface area contributed by atoms with E-state index >= 15 is 0 Å². The van der Waals surface area contributed by atoms with E-state index in [2.05, 4.69) is 10.6 Å². The highest BCUT2D eigenvalue weighted by Crippen LogP contribution is 2.24. The maximum Gasteiger partial charge on any atom is 0.234 e. The SMILES string of the molecule is O=C(CNCC1CCCC1O)NC1CCCCCC1. The molecule has 2 rings (SSSR count). The van der Waals surface area contributed by atoms with E-state index in [0.29, 0.717) is 18.5 Å². The highest BCUT2D eigenvalue weighted by Gasteiger charge is 2.24. The Morgan fingerprint density at radius 2 is 1.74 bits per heavy atom. The van der Waals surface area contributed by atoms with Gasteiger partial charge in [-0.1, -0.05) is 32.1 Å². The zero-order valence-corrected chi connectivity index (χ0v) is 11.9. The summed E-state index contributed by atoms with van der Waals surface area (Å²) in [6.45, 7) is 1.15. The summed E-state index contributed by atoms with van der Waals surface area (Å²) in [5.74, 6) is 0.449. The van der Waals surface area contributed by atoms with Crippen molar-refractivity contribution in [3.05, 3.63) is 0 Å². The molecular weight excluding hydrogens is 240 g/mol. The highest BCUT2D eigenvalue weighted by atomic mass is 16.3. The van der Waals surface area contributed by atoms with Crippen molar-refractivity contribution in [1.29, 1.82) is 0 Å². The molecular formula is C15H28N2O2. The summed E-state index contributed by atoms with van der Waals surface area (Å²) in [5.41, 5.74) is 0. The summed E-state index contributed by atoms with van der Waals surface area (Å²) in [6, 6.07) is 0.383. The lowest BCUT2D eigenvalue weighted by Crippen LogP contribution is -2.41. The van der Waals surface area contributed by atoms with Gasteiger partial charge in [0.2, 0.25) is 5.91 Å². The van der Waals surface area contributed by atoms with Crippen molar-refractivity contribution in [2.45, 2.75) is 69.9 Å². The minimum atomic E-state index is -0.169. The highest BCUT2D eigenvalue weighted by molar-refractivity contribution is 5.78. The lowest BCUT2D eigenvalue weighted by Gasteiger charge is -2.18. The number of carbonyl (C=O) groups is 1.